The number of hydrogen-bond donors (Lipinski definition) is 1. The van der Waals surface area contributed by atoms with E-state index in [9.17, 15) is 14.5 Å². The standard InChI is InChI=1S/C20H15Br2FN2O3/c21-15-9-14(11-24-17-5-7-18(8-6-17)25(26)27)20(19(22)10-15)28-12-13-1-3-16(23)4-2-13/h1-10,24H,11-12H2. The topological polar surface area (TPSA) is 64.4 Å². The van der Waals surface area contributed by atoms with Crippen molar-refractivity contribution in [3.8, 4) is 5.75 Å². The molecule has 0 bridgehead atoms. The number of non-ortho nitro benzene ring substituents is 1. The van der Waals surface area contributed by atoms with Crippen molar-refractivity contribution in [2.24, 2.45) is 0 Å². The number of hydrogen-bond acceptors (Lipinski definition) is 4. The molecule has 5 nitrogen and oxygen atoms in total. The molecule has 1 N–H and O–H groups in total. The van der Waals surface area contributed by atoms with Gasteiger partial charge in [0.05, 0.1) is 9.40 Å². The molecule has 0 saturated carbocycles. The second kappa shape index (κ2) is 9.16. The van der Waals surface area contributed by atoms with Crippen molar-refractivity contribution in [2.45, 2.75) is 13.2 Å². The van der Waals surface area contributed by atoms with E-state index < -0.39 is 4.92 Å². The highest BCUT2D eigenvalue weighted by atomic mass is 79.9. The van der Waals surface area contributed by atoms with Crippen molar-refractivity contribution < 1.29 is 14.1 Å². The SMILES string of the molecule is O=[N+]([O-])c1ccc(NCc2cc(Br)cc(Br)c2OCc2ccc(F)cc2)cc1. The van der Waals surface area contributed by atoms with Crippen LogP contribution in [-0.4, -0.2) is 4.92 Å². The fourth-order valence-electron chi connectivity index (χ4n) is 2.54. The van der Waals surface area contributed by atoms with Gasteiger partial charge in [0, 0.05) is 34.4 Å². The van der Waals surface area contributed by atoms with Crippen LogP contribution in [0.25, 0.3) is 0 Å². The summed E-state index contributed by atoms with van der Waals surface area (Å²) in [6.45, 7) is 0.750. The summed E-state index contributed by atoms with van der Waals surface area (Å²) in [5, 5.41) is 14.0. The quantitative estimate of drug-likeness (QED) is 0.293. The maximum absolute atomic E-state index is 13.1. The third kappa shape index (κ3) is 5.30. The first-order valence-electron chi connectivity index (χ1n) is 8.26. The molecule has 3 aromatic rings. The van der Waals surface area contributed by atoms with Crippen molar-refractivity contribution in [3.05, 3.63) is 96.7 Å². The first-order chi connectivity index (χ1) is 13.4. The number of ether oxygens (including phenoxy) is 1. The number of anilines is 1. The Hall–Kier alpha value is -2.45. The Morgan fingerprint density at radius 3 is 2.36 bits per heavy atom. The Kier molecular flexibility index (Phi) is 6.64. The number of benzene rings is 3. The van der Waals surface area contributed by atoms with Gasteiger partial charge in [-0.25, -0.2) is 4.39 Å². The van der Waals surface area contributed by atoms with E-state index in [2.05, 4.69) is 37.2 Å². The van der Waals surface area contributed by atoms with Crippen LogP contribution in [0.3, 0.4) is 0 Å². The Balaban J connectivity index is 1.74. The molecule has 3 rings (SSSR count). The van der Waals surface area contributed by atoms with Crippen LogP contribution in [-0.2, 0) is 13.2 Å². The minimum absolute atomic E-state index is 0.0408. The number of nitro benzene ring substituents is 1. The lowest BCUT2D eigenvalue weighted by Crippen LogP contribution is -2.05. The minimum Gasteiger partial charge on any atom is -0.487 e. The van der Waals surface area contributed by atoms with E-state index in [1.165, 1.54) is 24.3 Å². The summed E-state index contributed by atoms with van der Waals surface area (Å²) < 4.78 is 20.7. The summed E-state index contributed by atoms with van der Waals surface area (Å²) in [7, 11) is 0. The van der Waals surface area contributed by atoms with Gasteiger partial charge in [0.1, 0.15) is 18.2 Å². The molecule has 3 aromatic carbocycles. The van der Waals surface area contributed by atoms with E-state index in [1.807, 2.05) is 12.1 Å². The smallest absolute Gasteiger partial charge is 0.269 e. The van der Waals surface area contributed by atoms with Crippen molar-refractivity contribution in [1.29, 1.82) is 0 Å². The average Bonchev–Trinajstić information content (AvgIpc) is 2.67. The summed E-state index contributed by atoms with van der Waals surface area (Å²) in [4.78, 5) is 10.3. The normalized spacial score (nSPS) is 10.5. The number of nitrogens with one attached hydrogen (secondary N) is 1. The second-order valence-corrected chi connectivity index (χ2v) is 7.72. The maximum Gasteiger partial charge on any atom is 0.269 e. The molecule has 0 amide bonds. The summed E-state index contributed by atoms with van der Waals surface area (Å²) in [6.07, 6.45) is 0. The zero-order valence-electron chi connectivity index (χ0n) is 14.5. The zero-order valence-corrected chi connectivity index (χ0v) is 17.7. The van der Waals surface area contributed by atoms with Crippen LogP contribution in [0.5, 0.6) is 5.75 Å². The molecule has 8 heteroatoms. The molecule has 0 saturated heterocycles. The molecule has 0 heterocycles. The van der Waals surface area contributed by atoms with Crippen molar-refractivity contribution in [1.82, 2.24) is 0 Å². The van der Waals surface area contributed by atoms with Gasteiger partial charge in [0.15, 0.2) is 0 Å². The molecule has 144 valence electrons. The molecule has 0 aliphatic carbocycles. The van der Waals surface area contributed by atoms with Crippen LogP contribution < -0.4 is 10.1 Å². The first-order valence-corrected chi connectivity index (χ1v) is 9.84. The van der Waals surface area contributed by atoms with Gasteiger partial charge in [0.2, 0.25) is 0 Å². The molecule has 0 fully saturated rings. The number of rotatable bonds is 7. The summed E-state index contributed by atoms with van der Waals surface area (Å²) in [5.41, 5.74) is 2.54. The molecular formula is C20H15Br2FN2O3. The van der Waals surface area contributed by atoms with E-state index in [0.29, 0.717) is 18.9 Å². The number of halogens is 3. The molecule has 0 radical (unpaired) electrons. The summed E-state index contributed by atoms with van der Waals surface area (Å²) >= 11 is 6.99. The van der Waals surface area contributed by atoms with Crippen molar-refractivity contribution in [3.63, 3.8) is 0 Å². The Bertz CT molecular complexity index is 980. The van der Waals surface area contributed by atoms with E-state index in [1.54, 1.807) is 24.3 Å². The van der Waals surface area contributed by atoms with E-state index in [4.69, 9.17) is 4.74 Å². The van der Waals surface area contributed by atoms with Crippen LogP contribution in [0.2, 0.25) is 0 Å². The van der Waals surface area contributed by atoms with E-state index in [0.717, 1.165) is 25.8 Å². The molecule has 0 aromatic heterocycles. The van der Waals surface area contributed by atoms with Crippen LogP contribution in [0.15, 0.2) is 69.6 Å². The fraction of sp³-hybridized carbons (Fsp3) is 0.100. The molecular weight excluding hydrogens is 495 g/mol. The Morgan fingerprint density at radius 2 is 1.71 bits per heavy atom. The van der Waals surface area contributed by atoms with Crippen LogP contribution in [0.4, 0.5) is 15.8 Å². The van der Waals surface area contributed by atoms with Crippen molar-refractivity contribution >= 4 is 43.2 Å². The largest absolute Gasteiger partial charge is 0.487 e. The highest BCUT2D eigenvalue weighted by Gasteiger charge is 2.12. The van der Waals surface area contributed by atoms with Gasteiger partial charge in [-0.2, -0.15) is 0 Å². The third-order valence-corrected chi connectivity index (χ3v) is 4.99. The minimum atomic E-state index is -0.434. The molecule has 0 atom stereocenters. The predicted octanol–water partition coefficient (Wildman–Crippen LogP) is 6.45. The van der Waals surface area contributed by atoms with E-state index in [-0.39, 0.29) is 11.5 Å². The lowest BCUT2D eigenvalue weighted by atomic mass is 10.2. The Morgan fingerprint density at radius 1 is 1.04 bits per heavy atom. The lowest BCUT2D eigenvalue weighted by Gasteiger charge is -2.15. The molecule has 0 aliphatic heterocycles. The average molecular weight is 510 g/mol. The van der Waals surface area contributed by atoms with E-state index >= 15 is 0 Å². The zero-order chi connectivity index (χ0) is 20.1. The van der Waals surface area contributed by atoms with Gasteiger partial charge < -0.3 is 10.1 Å². The third-order valence-electron chi connectivity index (χ3n) is 3.94. The summed E-state index contributed by atoms with van der Waals surface area (Å²) in [5.74, 6) is 0.378. The highest BCUT2D eigenvalue weighted by Crippen LogP contribution is 2.34. The van der Waals surface area contributed by atoms with Gasteiger partial charge in [-0.1, -0.05) is 28.1 Å². The summed E-state index contributed by atoms with van der Waals surface area (Å²) in [6, 6.07) is 16.2. The fourth-order valence-corrected chi connectivity index (χ4v) is 3.97. The second-order valence-electron chi connectivity index (χ2n) is 5.95. The molecule has 0 aliphatic rings. The number of nitrogens with zero attached hydrogens (tertiary/aromatic N) is 1. The van der Waals surface area contributed by atoms with Gasteiger partial charge in [-0.15, -0.1) is 0 Å². The lowest BCUT2D eigenvalue weighted by molar-refractivity contribution is -0.384. The van der Waals surface area contributed by atoms with Crippen LogP contribution in [0, 0.1) is 15.9 Å². The highest BCUT2D eigenvalue weighted by molar-refractivity contribution is 9.11. The van der Waals surface area contributed by atoms with Crippen LogP contribution >= 0.6 is 31.9 Å². The van der Waals surface area contributed by atoms with Gasteiger partial charge in [-0.05, 0) is 57.9 Å². The van der Waals surface area contributed by atoms with Gasteiger partial charge in [0.25, 0.3) is 5.69 Å². The molecule has 28 heavy (non-hydrogen) atoms. The predicted molar refractivity (Wildman–Crippen MR) is 113 cm³/mol. The van der Waals surface area contributed by atoms with Crippen LogP contribution in [0.1, 0.15) is 11.1 Å². The van der Waals surface area contributed by atoms with Gasteiger partial charge in [-0.3, -0.25) is 10.1 Å². The number of nitro groups is 1. The molecule has 0 unspecified atom stereocenters. The van der Waals surface area contributed by atoms with Crippen molar-refractivity contribution in [2.75, 3.05) is 5.32 Å². The van der Waals surface area contributed by atoms with Gasteiger partial charge >= 0.3 is 0 Å². The molecule has 0 spiro atoms. The maximum atomic E-state index is 13.1. The Labute approximate surface area is 177 Å². The first kappa shape index (κ1) is 20.3. The monoisotopic (exact) mass is 508 g/mol.